The average molecular weight is 288 g/mol. The Morgan fingerprint density at radius 1 is 1.38 bits per heavy atom. The average Bonchev–Trinajstić information content (AvgIpc) is 2.47. The number of nitrogens with one attached hydrogen (secondary N) is 1. The van der Waals surface area contributed by atoms with Gasteiger partial charge in [-0.3, -0.25) is 4.79 Å². The highest BCUT2D eigenvalue weighted by Gasteiger charge is 2.29. The summed E-state index contributed by atoms with van der Waals surface area (Å²) in [5.74, 6) is 0.0482. The Balaban J connectivity index is 2.64. The summed E-state index contributed by atoms with van der Waals surface area (Å²) in [6.07, 6.45) is 0.621. The van der Waals surface area contributed by atoms with Crippen molar-refractivity contribution in [2.24, 2.45) is 0 Å². The highest BCUT2D eigenvalue weighted by molar-refractivity contribution is 5.70. The molecule has 0 aliphatic rings. The Bertz CT molecular complexity index is 703. The number of methoxy groups -OCH3 is 1. The van der Waals surface area contributed by atoms with E-state index >= 15 is 0 Å². The van der Waals surface area contributed by atoms with E-state index < -0.39 is 5.60 Å². The number of hydrogen-bond donors (Lipinski definition) is 2. The zero-order valence-electron chi connectivity index (χ0n) is 12.7. The van der Waals surface area contributed by atoms with E-state index in [1.807, 2.05) is 39.0 Å². The first kappa shape index (κ1) is 15.3. The molecule has 0 spiro atoms. The molecule has 2 aromatic rings. The maximum atomic E-state index is 12.4. The summed E-state index contributed by atoms with van der Waals surface area (Å²) >= 11 is 0. The number of aryl methyl sites for hydroxylation is 1. The van der Waals surface area contributed by atoms with Gasteiger partial charge in [0, 0.05) is 7.11 Å². The highest BCUT2D eigenvalue weighted by atomic mass is 16.5. The van der Waals surface area contributed by atoms with Gasteiger partial charge in [-0.2, -0.15) is 4.98 Å². The molecule has 0 bridgehead atoms. The Kier molecular flexibility index (Phi) is 4.14. The molecule has 21 heavy (non-hydrogen) atoms. The lowest BCUT2D eigenvalue weighted by Gasteiger charge is -2.25. The van der Waals surface area contributed by atoms with Crippen LogP contribution in [0.25, 0.3) is 11.1 Å². The fraction of sp³-hybridized carbons (Fsp3) is 0.375. The number of hydrogen-bond acceptors (Lipinski definition) is 4. The van der Waals surface area contributed by atoms with Crippen molar-refractivity contribution in [3.8, 4) is 17.0 Å². The van der Waals surface area contributed by atoms with Crippen molar-refractivity contribution in [3.05, 3.63) is 46.0 Å². The second kappa shape index (κ2) is 5.69. The molecule has 1 unspecified atom stereocenters. The van der Waals surface area contributed by atoms with E-state index in [0.717, 1.165) is 5.56 Å². The molecule has 2 N–H and O–H groups in total. The third-order valence-electron chi connectivity index (χ3n) is 3.94. The molecule has 0 saturated carbocycles. The van der Waals surface area contributed by atoms with E-state index in [0.29, 0.717) is 17.8 Å². The zero-order chi connectivity index (χ0) is 15.6. The van der Waals surface area contributed by atoms with Crippen LogP contribution in [0.15, 0.2) is 29.1 Å². The van der Waals surface area contributed by atoms with Crippen molar-refractivity contribution >= 4 is 0 Å². The number of benzene rings is 1. The second-order valence-electron chi connectivity index (χ2n) is 5.22. The zero-order valence-corrected chi connectivity index (χ0v) is 12.7. The summed E-state index contributed by atoms with van der Waals surface area (Å²) in [6.45, 7) is 5.63. The van der Waals surface area contributed by atoms with Gasteiger partial charge >= 0.3 is 0 Å². The summed E-state index contributed by atoms with van der Waals surface area (Å²) in [5, 5.41) is 10.2. The molecule has 112 valence electrons. The van der Waals surface area contributed by atoms with Gasteiger partial charge in [-0.25, -0.2) is 0 Å². The number of aromatic hydroxyl groups is 1. The molecule has 0 saturated heterocycles. The van der Waals surface area contributed by atoms with Crippen molar-refractivity contribution in [1.29, 1.82) is 0 Å². The Morgan fingerprint density at radius 3 is 2.57 bits per heavy atom. The number of nitrogens with zero attached hydrogens (tertiary/aromatic N) is 1. The first-order chi connectivity index (χ1) is 9.92. The second-order valence-corrected chi connectivity index (χ2v) is 5.22. The van der Waals surface area contributed by atoms with E-state index in [-0.39, 0.29) is 17.0 Å². The van der Waals surface area contributed by atoms with Crippen LogP contribution in [0.3, 0.4) is 0 Å². The van der Waals surface area contributed by atoms with Crippen molar-refractivity contribution in [2.75, 3.05) is 7.11 Å². The molecule has 0 aliphatic heterocycles. The predicted octanol–water partition coefficient (Wildman–Crippen LogP) is 2.72. The van der Waals surface area contributed by atoms with Gasteiger partial charge in [-0.05, 0) is 31.4 Å². The SMILES string of the molecule is CCC(C)(OC)c1nc(O)c(-c2ccccc2C)c(=O)[nH]1. The molecule has 5 nitrogen and oxygen atoms in total. The van der Waals surface area contributed by atoms with Crippen molar-refractivity contribution < 1.29 is 9.84 Å². The first-order valence-electron chi connectivity index (χ1n) is 6.88. The largest absolute Gasteiger partial charge is 0.493 e. The number of ether oxygens (including phenoxy) is 1. The number of rotatable bonds is 4. The van der Waals surface area contributed by atoms with Crippen LogP contribution >= 0.6 is 0 Å². The Labute approximate surface area is 123 Å². The minimum Gasteiger partial charge on any atom is -0.493 e. The fourth-order valence-corrected chi connectivity index (χ4v) is 2.22. The molecular formula is C16H20N2O3. The molecular weight excluding hydrogens is 268 g/mol. The Hall–Kier alpha value is -2.14. The minimum atomic E-state index is -0.735. The van der Waals surface area contributed by atoms with Crippen molar-refractivity contribution in [3.63, 3.8) is 0 Å². The smallest absolute Gasteiger partial charge is 0.262 e. The van der Waals surface area contributed by atoms with Gasteiger partial charge in [0.25, 0.3) is 5.56 Å². The van der Waals surface area contributed by atoms with Gasteiger partial charge in [0.2, 0.25) is 5.88 Å². The van der Waals surface area contributed by atoms with E-state index in [9.17, 15) is 9.90 Å². The number of H-pyrrole nitrogens is 1. The van der Waals surface area contributed by atoms with Gasteiger partial charge < -0.3 is 14.8 Å². The summed E-state index contributed by atoms with van der Waals surface area (Å²) < 4.78 is 5.41. The van der Waals surface area contributed by atoms with Crippen LogP contribution in [0.4, 0.5) is 0 Å². The van der Waals surface area contributed by atoms with Crippen molar-refractivity contribution in [1.82, 2.24) is 9.97 Å². The monoisotopic (exact) mass is 288 g/mol. The summed E-state index contributed by atoms with van der Waals surface area (Å²) in [7, 11) is 1.55. The third kappa shape index (κ3) is 2.69. The van der Waals surface area contributed by atoms with Crippen LogP contribution in [-0.2, 0) is 10.3 Å². The van der Waals surface area contributed by atoms with Gasteiger partial charge in [0.1, 0.15) is 17.0 Å². The van der Waals surface area contributed by atoms with Crippen LogP contribution in [0.5, 0.6) is 5.88 Å². The van der Waals surface area contributed by atoms with E-state index in [1.165, 1.54) is 0 Å². The van der Waals surface area contributed by atoms with Gasteiger partial charge in [0.15, 0.2) is 0 Å². The van der Waals surface area contributed by atoms with E-state index in [1.54, 1.807) is 13.2 Å². The van der Waals surface area contributed by atoms with Gasteiger partial charge in [-0.15, -0.1) is 0 Å². The Morgan fingerprint density at radius 2 is 2.05 bits per heavy atom. The number of aromatic nitrogens is 2. The lowest BCUT2D eigenvalue weighted by molar-refractivity contribution is -0.00956. The summed E-state index contributed by atoms with van der Waals surface area (Å²) in [6, 6.07) is 7.37. The lowest BCUT2D eigenvalue weighted by atomic mass is 10.0. The number of aromatic amines is 1. The quantitative estimate of drug-likeness (QED) is 0.907. The maximum absolute atomic E-state index is 12.4. The normalized spacial score (nSPS) is 13.9. The predicted molar refractivity (Wildman–Crippen MR) is 81.3 cm³/mol. The van der Waals surface area contributed by atoms with Crippen LogP contribution in [0, 0.1) is 6.92 Å². The maximum Gasteiger partial charge on any atom is 0.262 e. The summed E-state index contributed by atoms with van der Waals surface area (Å²) in [4.78, 5) is 19.3. The molecule has 2 rings (SSSR count). The molecule has 0 amide bonds. The molecule has 1 aromatic carbocycles. The highest BCUT2D eigenvalue weighted by Crippen LogP contribution is 2.30. The fourth-order valence-electron chi connectivity index (χ4n) is 2.22. The van der Waals surface area contributed by atoms with Crippen LogP contribution < -0.4 is 5.56 Å². The molecule has 0 radical (unpaired) electrons. The minimum absolute atomic E-state index is 0.186. The molecule has 5 heteroatoms. The molecule has 0 aliphatic carbocycles. The van der Waals surface area contributed by atoms with Crippen LogP contribution in [0.1, 0.15) is 31.7 Å². The lowest BCUT2D eigenvalue weighted by Crippen LogP contribution is -2.29. The molecule has 0 fully saturated rings. The van der Waals surface area contributed by atoms with Gasteiger partial charge in [-0.1, -0.05) is 31.2 Å². The molecule has 1 heterocycles. The standard InChI is InChI=1S/C16H20N2O3/c1-5-16(3,21-4)15-17-13(19)12(14(20)18-15)11-9-7-6-8-10(11)2/h6-9H,5H2,1-4H3,(H2,17,18,19,20). The topological polar surface area (TPSA) is 75.2 Å². The molecule has 1 aromatic heterocycles. The van der Waals surface area contributed by atoms with E-state index in [4.69, 9.17) is 4.74 Å². The van der Waals surface area contributed by atoms with Crippen molar-refractivity contribution in [2.45, 2.75) is 32.8 Å². The van der Waals surface area contributed by atoms with Crippen LogP contribution in [-0.4, -0.2) is 22.2 Å². The van der Waals surface area contributed by atoms with Gasteiger partial charge in [0.05, 0.1) is 0 Å². The summed E-state index contributed by atoms with van der Waals surface area (Å²) in [5.41, 5.74) is 0.652. The molecule has 1 atom stereocenters. The third-order valence-corrected chi connectivity index (χ3v) is 3.94. The first-order valence-corrected chi connectivity index (χ1v) is 6.88. The van der Waals surface area contributed by atoms with Crippen LogP contribution in [0.2, 0.25) is 0 Å². The van der Waals surface area contributed by atoms with E-state index in [2.05, 4.69) is 9.97 Å².